The third-order valence-electron chi connectivity index (χ3n) is 4.34. The van der Waals surface area contributed by atoms with Crippen LogP contribution in [0.4, 0.5) is 0 Å². The molecule has 1 saturated heterocycles. The van der Waals surface area contributed by atoms with Gasteiger partial charge in [0, 0.05) is 24.7 Å². The normalized spacial score (nSPS) is 16.1. The fourth-order valence-electron chi connectivity index (χ4n) is 2.85. The third-order valence-corrected chi connectivity index (χ3v) is 4.59. The highest BCUT2D eigenvalue weighted by atomic mass is 35.5. The average molecular weight is 388 g/mol. The van der Waals surface area contributed by atoms with Crippen molar-refractivity contribution in [1.29, 1.82) is 0 Å². The highest BCUT2D eigenvalue weighted by Gasteiger charge is 2.18. The van der Waals surface area contributed by atoms with Gasteiger partial charge >= 0.3 is 0 Å². The molecule has 1 atom stereocenters. The second kappa shape index (κ2) is 9.48. The van der Waals surface area contributed by atoms with E-state index in [9.17, 15) is 9.59 Å². The molecule has 142 valence electrons. The zero-order chi connectivity index (χ0) is 19.1. The zero-order valence-electron chi connectivity index (χ0n) is 14.9. The van der Waals surface area contributed by atoms with Crippen molar-refractivity contribution >= 4 is 23.4 Å². The molecule has 1 unspecified atom stereocenters. The molecule has 1 aliphatic heterocycles. The van der Waals surface area contributed by atoms with E-state index in [1.54, 1.807) is 18.2 Å². The van der Waals surface area contributed by atoms with Crippen molar-refractivity contribution in [3.8, 4) is 0 Å². The lowest BCUT2D eigenvalue weighted by atomic mass is 10.1. The number of pyridine rings is 1. The summed E-state index contributed by atoms with van der Waals surface area (Å²) in [4.78, 5) is 28.7. The molecular formula is C20H22ClN3O3. The van der Waals surface area contributed by atoms with Crippen LogP contribution in [0.15, 0.2) is 42.5 Å². The van der Waals surface area contributed by atoms with Crippen LogP contribution in [0.5, 0.6) is 0 Å². The van der Waals surface area contributed by atoms with E-state index in [-0.39, 0.29) is 29.3 Å². The van der Waals surface area contributed by atoms with Crippen molar-refractivity contribution in [3.05, 3.63) is 64.4 Å². The van der Waals surface area contributed by atoms with Crippen LogP contribution in [-0.4, -0.2) is 42.6 Å². The predicted octanol–water partition coefficient (Wildman–Crippen LogP) is 2.62. The van der Waals surface area contributed by atoms with Gasteiger partial charge in [-0.05, 0) is 49.1 Å². The second-order valence-corrected chi connectivity index (χ2v) is 6.82. The summed E-state index contributed by atoms with van der Waals surface area (Å²) in [7, 11) is 0. The molecule has 1 fully saturated rings. The van der Waals surface area contributed by atoms with Crippen LogP contribution in [0.1, 0.15) is 39.4 Å². The molecule has 0 saturated carbocycles. The number of carbonyl (C=O) groups excluding carboxylic acids is 2. The summed E-state index contributed by atoms with van der Waals surface area (Å²) >= 11 is 5.86. The lowest BCUT2D eigenvalue weighted by Crippen LogP contribution is -2.33. The number of amides is 2. The van der Waals surface area contributed by atoms with E-state index in [2.05, 4.69) is 15.6 Å². The van der Waals surface area contributed by atoms with Crippen molar-refractivity contribution in [2.24, 2.45) is 0 Å². The molecule has 1 aliphatic rings. The number of hydrogen-bond donors (Lipinski definition) is 2. The maximum atomic E-state index is 12.3. The molecule has 2 N–H and O–H groups in total. The molecule has 2 aromatic rings. The van der Waals surface area contributed by atoms with Crippen molar-refractivity contribution in [2.45, 2.75) is 25.4 Å². The molecule has 2 amide bonds. The van der Waals surface area contributed by atoms with Crippen molar-refractivity contribution in [2.75, 3.05) is 19.7 Å². The van der Waals surface area contributed by atoms with Gasteiger partial charge in [0.2, 0.25) is 0 Å². The van der Waals surface area contributed by atoms with Crippen LogP contribution in [-0.2, 0) is 11.2 Å². The van der Waals surface area contributed by atoms with Crippen LogP contribution in [0.25, 0.3) is 0 Å². The van der Waals surface area contributed by atoms with Gasteiger partial charge in [-0.2, -0.15) is 0 Å². The Bertz CT molecular complexity index is 789. The fourth-order valence-corrected chi connectivity index (χ4v) is 2.98. The molecule has 7 heteroatoms. The van der Waals surface area contributed by atoms with Gasteiger partial charge in [0.25, 0.3) is 11.8 Å². The van der Waals surface area contributed by atoms with Crippen LogP contribution in [0.2, 0.25) is 5.02 Å². The standard InChI is InChI=1S/C20H22ClN3O3/c21-15-8-6-14(7-9-15)10-11-22-19(25)17-4-1-5-18(24-17)20(26)23-13-16-3-2-12-27-16/h1,4-9,16H,2-3,10-13H2,(H,22,25)(H,23,26). The average Bonchev–Trinajstić information content (AvgIpc) is 3.21. The fraction of sp³-hybridized carbons (Fsp3) is 0.350. The lowest BCUT2D eigenvalue weighted by molar-refractivity contribution is 0.0853. The lowest BCUT2D eigenvalue weighted by Gasteiger charge is -2.11. The predicted molar refractivity (Wildman–Crippen MR) is 103 cm³/mol. The van der Waals surface area contributed by atoms with Gasteiger partial charge in [0.05, 0.1) is 6.10 Å². The van der Waals surface area contributed by atoms with Gasteiger partial charge < -0.3 is 15.4 Å². The zero-order valence-corrected chi connectivity index (χ0v) is 15.7. The number of ether oxygens (including phenoxy) is 1. The Morgan fingerprint density at radius 3 is 2.44 bits per heavy atom. The topological polar surface area (TPSA) is 80.3 Å². The number of benzene rings is 1. The maximum Gasteiger partial charge on any atom is 0.269 e. The van der Waals surface area contributed by atoms with E-state index in [4.69, 9.17) is 16.3 Å². The highest BCUT2D eigenvalue weighted by molar-refractivity contribution is 6.30. The monoisotopic (exact) mass is 387 g/mol. The Morgan fingerprint density at radius 1 is 1.07 bits per heavy atom. The molecule has 6 nitrogen and oxygen atoms in total. The molecule has 2 heterocycles. The van der Waals surface area contributed by atoms with Crippen molar-refractivity contribution < 1.29 is 14.3 Å². The van der Waals surface area contributed by atoms with E-state index in [1.807, 2.05) is 24.3 Å². The largest absolute Gasteiger partial charge is 0.376 e. The Morgan fingerprint density at radius 2 is 1.78 bits per heavy atom. The Balaban J connectivity index is 1.50. The van der Waals surface area contributed by atoms with Gasteiger partial charge in [-0.15, -0.1) is 0 Å². The summed E-state index contributed by atoms with van der Waals surface area (Å²) in [5.41, 5.74) is 1.52. The summed E-state index contributed by atoms with van der Waals surface area (Å²) in [5, 5.41) is 6.31. The first-order chi connectivity index (χ1) is 13.1. The van der Waals surface area contributed by atoms with E-state index < -0.39 is 0 Å². The number of hydrogen-bond acceptors (Lipinski definition) is 4. The molecule has 0 spiro atoms. The Labute approximate surface area is 163 Å². The van der Waals surface area contributed by atoms with Crippen LogP contribution in [0.3, 0.4) is 0 Å². The van der Waals surface area contributed by atoms with E-state index in [0.717, 1.165) is 25.0 Å². The third kappa shape index (κ3) is 5.77. The molecule has 3 rings (SSSR count). The molecule has 1 aromatic heterocycles. The summed E-state index contributed by atoms with van der Waals surface area (Å²) in [6, 6.07) is 12.3. The maximum absolute atomic E-state index is 12.3. The van der Waals surface area contributed by atoms with Crippen molar-refractivity contribution in [3.63, 3.8) is 0 Å². The van der Waals surface area contributed by atoms with Crippen molar-refractivity contribution in [1.82, 2.24) is 15.6 Å². The summed E-state index contributed by atoms with van der Waals surface area (Å²) in [6.07, 6.45) is 2.71. The Hall–Kier alpha value is -2.44. The summed E-state index contributed by atoms with van der Waals surface area (Å²) in [6.45, 7) is 1.67. The van der Waals surface area contributed by atoms with E-state index in [1.165, 1.54) is 0 Å². The van der Waals surface area contributed by atoms with Gasteiger partial charge in [-0.3, -0.25) is 9.59 Å². The van der Waals surface area contributed by atoms with E-state index >= 15 is 0 Å². The van der Waals surface area contributed by atoms with Crippen LogP contribution >= 0.6 is 11.6 Å². The first kappa shape index (κ1) is 19.3. The smallest absolute Gasteiger partial charge is 0.269 e. The minimum absolute atomic E-state index is 0.0632. The molecule has 0 aliphatic carbocycles. The number of halogens is 1. The minimum atomic E-state index is -0.308. The summed E-state index contributed by atoms with van der Waals surface area (Å²) < 4.78 is 5.48. The van der Waals surface area contributed by atoms with E-state index in [0.29, 0.717) is 24.5 Å². The molecule has 0 bridgehead atoms. The number of carbonyl (C=O) groups is 2. The van der Waals surface area contributed by atoms with Gasteiger partial charge in [0.15, 0.2) is 0 Å². The second-order valence-electron chi connectivity index (χ2n) is 6.39. The number of rotatable bonds is 7. The number of aromatic nitrogens is 1. The minimum Gasteiger partial charge on any atom is -0.376 e. The Kier molecular flexibility index (Phi) is 6.79. The molecule has 0 radical (unpaired) electrons. The van der Waals surface area contributed by atoms with Gasteiger partial charge in [-0.25, -0.2) is 4.98 Å². The SMILES string of the molecule is O=C(NCCc1ccc(Cl)cc1)c1cccc(C(=O)NCC2CCCO2)n1. The van der Waals surface area contributed by atoms with Gasteiger partial charge in [0.1, 0.15) is 11.4 Å². The van der Waals surface area contributed by atoms with Gasteiger partial charge in [-0.1, -0.05) is 29.8 Å². The number of nitrogens with zero attached hydrogens (tertiary/aromatic N) is 1. The summed E-state index contributed by atoms with van der Waals surface area (Å²) in [5.74, 6) is -0.612. The molecule has 1 aromatic carbocycles. The quantitative estimate of drug-likeness (QED) is 0.765. The van der Waals surface area contributed by atoms with Crippen LogP contribution < -0.4 is 10.6 Å². The first-order valence-electron chi connectivity index (χ1n) is 9.01. The molecular weight excluding hydrogens is 366 g/mol. The van der Waals surface area contributed by atoms with Crippen LogP contribution in [0, 0.1) is 0 Å². The first-order valence-corrected chi connectivity index (χ1v) is 9.39. The number of nitrogens with one attached hydrogen (secondary N) is 2. The highest BCUT2D eigenvalue weighted by Crippen LogP contribution is 2.11. The molecule has 27 heavy (non-hydrogen) atoms.